The molecule has 2 aromatic rings. The number of benzene rings is 2. The lowest BCUT2D eigenvalue weighted by Crippen LogP contribution is -2.50. The molecule has 29 heavy (non-hydrogen) atoms. The fourth-order valence-electron chi connectivity index (χ4n) is 4.59. The lowest BCUT2D eigenvalue weighted by atomic mass is 9.98. The number of nitrogens with one attached hydrogen (secondary N) is 1. The molecule has 1 saturated carbocycles. The number of halogens is 1. The van der Waals surface area contributed by atoms with Crippen LogP contribution in [0.3, 0.4) is 0 Å². The zero-order chi connectivity index (χ0) is 19.5. The van der Waals surface area contributed by atoms with Gasteiger partial charge < -0.3 is 16.0 Å². The third-order valence-corrected chi connectivity index (χ3v) is 6.28. The van der Waals surface area contributed by atoms with E-state index in [0.29, 0.717) is 24.4 Å². The van der Waals surface area contributed by atoms with Crippen molar-refractivity contribution in [3.63, 3.8) is 0 Å². The molecule has 4 rings (SSSR count). The Morgan fingerprint density at radius 3 is 2.59 bits per heavy atom. The monoisotopic (exact) mass is 415 g/mol. The summed E-state index contributed by atoms with van der Waals surface area (Å²) in [5.41, 5.74) is 6.79. The molecule has 2 aliphatic rings. The van der Waals surface area contributed by atoms with Crippen LogP contribution in [0.15, 0.2) is 42.5 Å². The molecule has 1 unspecified atom stereocenters. The smallest absolute Gasteiger partial charge is 0.251 e. The zero-order valence-electron chi connectivity index (χ0n) is 16.7. The molecule has 1 aliphatic carbocycles. The van der Waals surface area contributed by atoms with E-state index >= 15 is 0 Å². The summed E-state index contributed by atoms with van der Waals surface area (Å²) in [5, 5.41) is 5.31. The number of nitrogens with two attached hydrogens (primary N) is 1. The number of carbonyl (C=O) groups is 2. The van der Waals surface area contributed by atoms with Gasteiger partial charge in [0.15, 0.2) is 0 Å². The van der Waals surface area contributed by atoms with E-state index in [1.54, 1.807) is 0 Å². The fraction of sp³-hybridized carbons (Fsp3) is 0.478. The lowest BCUT2D eigenvalue weighted by molar-refractivity contribution is -0.133. The second-order valence-electron chi connectivity index (χ2n) is 8.27. The molecule has 5 nitrogen and oxygen atoms in total. The SMILES string of the molecule is Cl.N[C@@H]1CCC[C@H]1CC(=O)N1CCCC(NC(=O)c2ccc3ccccc3c2)C1. The maximum absolute atomic E-state index is 12.7. The molecule has 0 radical (unpaired) electrons. The van der Waals surface area contributed by atoms with E-state index < -0.39 is 0 Å². The van der Waals surface area contributed by atoms with Gasteiger partial charge in [0.1, 0.15) is 0 Å². The van der Waals surface area contributed by atoms with E-state index in [9.17, 15) is 9.59 Å². The second-order valence-corrected chi connectivity index (χ2v) is 8.27. The first-order valence-electron chi connectivity index (χ1n) is 10.4. The standard InChI is InChI=1S/C23H29N3O2.ClH/c24-21-9-3-7-18(21)14-22(27)26-12-4-8-20(15-26)25-23(28)19-11-10-16-5-1-2-6-17(16)13-19;/h1-2,5-6,10-11,13,18,20-21H,3-4,7-9,12,14-15,24H2,(H,25,28);1H/t18-,20?,21+;/m0./s1. The van der Waals surface area contributed by atoms with E-state index in [1.165, 1.54) is 0 Å². The van der Waals surface area contributed by atoms with Gasteiger partial charge in [0.25, 0.3) is 5.91 Å². The minimum atomic E-state index is -0.0668. The summed E-state index contributed by atoms with van der Waals surface area (Å²) in [7, 11) is 0. The summed E-state index contributed by atoms with van der Waals surface area (Å²) in [4.78, 5) is 27.3. The molecule has 2 fully saturated rings. The minimum Gasteiger partial charge on any atom is -0.348 e. The molecule has 2 aromatic carbocycles. The average Bonchev–Trinajstić information content (AvgIpc) is 3.12. The Labute approximate surface area is 178 Å². The van der Waals surface area contributed by atoms with E-state index in [0.717, 1.165) is 49.4 Å². The van der Waals surface area contributed by atoms with Gasteiger partial charge in [-0.15, -0.1) is 12.4 Å². The van der Waals surface area contributed by atoms with E-state index in [2.05, 4.69) is 5.32 Å². The van der Waals surface area contributed by atoms with Crippen molar-refractivity contribution in [2.75, 3.05) is 13.1 Å². The van der Waals surface area contributed by atoms with Crippen LogP contribution in [0.25, 0.3) is 10.8 Å². The maximum Gasteiger partial charge on any atom is 0.251 e. The summed E-state index contributed by atoms with van der Waals surface area (Å²) in [6, 6.07) is 14.0. The summed E-state index contributed by atoms with van der Waals surface area (Å²) in [5.74, 6) is 0.440. The highest BCUT2D eigenvalue weighted by molar-refractivity contribution is 5.98. The van der Waals surface area contributed by atoms with Gasteiger partial charge in [0, 0.05) is 37.2 Å². The Morgan fingerprint density at radius 2 is 1.83 bits per heavy atom. The molecule has 156 valence electrons. The van der Waals surface area contributed by atoms with Crippen LogP contribution in [-0.2, 0) is 4.79 Å². The third kappa shape index (κ3) is 5.09. The van der Waals surface area contributed by atoms with Gasteiger partial charge in [-0.25, -0.2) is 0 Å². The van der Waals surface area contributed by atoms with Gasteiger partial charge in [0.2, 0.25) is 5.91 Å². The first-order chi connectivity index (χ1) is 13.6. The molecule has 0 bridgehead atoms. The quantitative estimate of drug-likeness (QED) is 0.802. The molecule has 2 amide bonds. The van der Waals surface area contributed by atoms with Crippen LogP contribution < -0.4 is 11.1 Å². The van der Waals surface area contributed by atoms with Gasteiger partial charge in [0.05, 0.1) is 0 Å². The number of fused-ring (bicyclic) bond motifs is 1. The Hall–Kier alpha value is -2.11. The molecular formula is C23H30ClN3O2. The van der Waals surface area contributed by atoms with Crippen molar-refractivity contribution in [3.8, 4) is 0 Å². The van der Waals surface area contributed by atoms with Gasteiger partial charge >= 0.3 is 0 Å². The van der Waals surface area contributed by atoms with Crippen molar-refractivity contribution in [1.29, 1.82) is 0 Å². The fourth-order valence-corrected chi connectivity index (χ4v) is 4.59. The Morgan fingerprint density at radius 1 is 1.03 bits per heavy atom. The number of hydrogen-bond donors (Lipinski definition) is 2. The summed E-state index contributed by atoms with van der Waals surface area (Å²) in [6.45, 7) is 1.38. The van der Waals surface area contributed by atoms with Gasteiger partial charge in [-0.1, -0.05) is 36.8 Å². The van der Waals surface area contributed by atoms with Crippen LogP contribution in [-0.4, -0.2) is 41.9 Å². The van der Waals surface area contributed by atoms with Crippen molar-refractivity contribution in [3.05, 3.63) is 48.0 Å². The number of carbonyl (C=O) groups excluding carboxylic acids is 2. The van der Waals surface area contributed by atoms with E-state index in [4.69, 9.17) is 5.73 Å². The van der Waals surface area contributed by atoms with Crippen LogP contribution in [0.1, 0.15) is 48.9 Å². The molecule has 6 heteroatoms. The van der Waals surface area contributed by atoms with E-state index in [1.807, 2.05) is 47.4 Å². The number of nitrogens with zero attached hydrogens (tertiary/aromatic N) is 1. The van der Waals surface area contributed by atoms with Gasteiger partial charge in [-0.2, -0.15) is 0 Å². The van der Waals surface area contributed by atoms with E-state index in [-0.39, 0.29) is 36.3 Å². The van der Waals surface area contributed by atoms with Gasteiger partial charge in [-0.3, -0.25) is 9.59 Å². The highest BCUT2D eigenvalue weighted by Crippen LogP contribution is 2.28. The van der Waals surface area contributed by atoms with Crippen LogP contribution in [0.2, 0.25) is 0 Å². The van der Waals surface area contributed by atoms with Crippen LogP contribution in [0, 0.1) is 5.92 Å². The van der Waals surface area contributed by atoms with Crippen LogP contribution >= 0.6 is 12.4 Å². The van der Waals surface area contributed by atoms with Gasteiger partial charge in [-0.05, 0) is 54.5 Å². The largest absolute Gasteiger partial charge is 0.348 e. The molecule has 0 aromatic heterocycles. The van der Waals surface area contributed by atoms with Crippen molar-refractivity contribution < 1.29 is 9.59 Å². The zero-order valence-corrected chi connectivity index (χ0v) is 17.5. The second kappa shape index (κ2) is 9.59. The molecule has 0 spiro atoms. The molecule has 3 N–H and O–H groups in total. The number of likely N-dealkylation sites (tertiary alicyclic amines) is 1. The topological polar surface area (TPSA) is 75.4 Å². The Bertz CT molecular complexity index is 872. The molecule has 1 saturated heterocycles. The first-order valence-corrected chi connectivity index (χ1v) is 10.4. The average molecular weight is 416 g/mol. The summed E-state index contributed by atoms with van der Waals surface area (Å²) >= 11 is 0. The van der Waals surface area contributed by atoms with Crippen molar-refractivity contribution in [1.82, 2.24) is 10.2 Å². The molecular weight excluding hydrogens is 386 g/mol. The van der Waals surface area contributed by atoms with Crippen molar-refractivity contribution >= 4 is 35.0 Å². The molecule has 1 heterocycles. The number of piperidine rings is 1. The minimum absolute atomic E-state index is 0. The Balaban J connectivity index is 0.00000240. The predicted molar refractivity (Wildman–Crippen MR) is 118 cm³/mol. The number of hydrogen-bond acceptors (Lipinski definition) is 3. The number of amides is 2. The van der Waals surface area contributed by atoms with Crippen molar-refractivity contribution in [2.45, 2.75) is 50.6 Å². The first kappa shape index (κ1) is 21.6. The summed E-state index contributed by atoms with van der Waals surface area (Å²) < 4.78 is 0. The van der Waals surface area contributed by atoms with Crippen LogP contribution in [0.4, 0.5) is 0 Å². The Kier molecular flexibility index (Phi) is 7.14. The number of rotatable bonds is 4. The maximum atomic E-state index is 12.7. The lowest BCUT2D eigenvalue weighted by Gasteiger charge is -2.34. The highest BCUT2D eigenvalue weighted by Gasteiger charge is 2.30. The molecule has 1 aliphatic heterocycles. The third-order valence-electron chi connectivity index (χ3n) is 6.28. The summed E-state index contributed by atoms with van der Waals surface area (Å²) in [6.07, 6.45) is 5.60. The predicted octanol–water partition coefficient (Wildman–Crippen LogP) is 3.50. The van der Waals surface area contributed by atoms with Crippen molar-refractivity contribution in [2.24, 2.45) is 11.7 Å². The normalized spacial score (nSPS) is 24.2. The van der Waals surface area contributed by atoms with Crippen LogP contribution in [0.5, 0.6) is 0 Å². The molecule has 3 atom stereocenters. The highest BCUT2D eigenvalue weighted by atomic mass is 35.5.